The number of hydrogen-bond acceptors (Lipinski definition) is 5. The van der Waals surface area contributed by atoms with Crippen LogP contribution < -0.4 is 11.1 Å². The number of nitrogen functional groups attached to an aromatic ring is 1. The van der Waals surface area contributed by atoms with Crippen LogP contribution in [0.5, 0.6) is 0 Å². The highest BCUT2D eigenvalue weighted by molar-refractivity contribution is 6.14. The van der Waals surface area contributed by atoms with Gasteiger partial charge in [0, 0.05) is 23.5 Å². The van der Waals surface area contributed by atoms with Crippen molar-refractivity contribution >= 4 is 28.6 Å². The van der Waals surface area contributed by atoms with Gasteiger partial charge in [-0.25, -0.2) is 9.97 Å². The molecular weight excluding hydrogens is 318 g/mol. The molecule has 3 rings (SSSR count). The molecule has 3 heterocycles. The lowest BCUT2D eigenvalue weighted by Crippen LogP contribution is -2.31. The molecule has 8 nitrogen and oxygen atoms in total. The van der Waals surface area contributed by atoms with Crippen molar-refractivity contribution in [2.75, 3.05) is 11.1 Å². The molecule has 3 aromatic rings. The third-order valence-electron chi connectivity index (χ3n) is 4.84. The Labute approximate surface area is 145 Å². The maximum absolute atomic E-state index is 12.8. The van der Waals surface area contributed by atoms with Crippen LogP contribution in [0.3, 0.4) is 0 Å². The van der Waals surface area contributed by atoms with E-state index in [0.717, 1.165) is 5.69 Å². The van der Waals surface area contributed by atoms with Gasteiger partial charge in [-0.2, -0.15) is 5.10 Å². The number of nitrogens with two attached hydrogens (primary N) is 1. The fourth-order valence-corrected chi connectivity index (χ4v) is 2.64. The number of carbonyl (C=O) groups excluding carboxylic acids is 1. The fraction of sp³-hybridized carbons (Fsp3) is 0.412. The Morgan fingerprint density at radius 3 is 2.68 bits per heavy atom. The van der Waals surface area contributed by atoms with Crippen LogP contribution in [-0.2, 0) is 5.54 Å². The molecule has 0 saturated heterocycles. The zero-order valence-electron chi connectivity index (χ0n) is 15.1. The van der Waals surface area contributed by atoms with Crippen LogP contribution in [0.15, 0.2) is 18.6 Å². The van der Waals surface area contributed by atoms with Crippen LogP contribution in [0.25, 0.3) is 11.0 Å². The molecule has 0 radical (unpaired) electrons. The lowest BCUT2D eigenvalue weighted by atomic mass is 9.90. The molecule has 132 valence electrons. The van der Waals surface area contributed by atoms with Crippen LogP contribution in [0.1, 0.15) is 43.7 Å². The van der Waals surface area contributed by atoms with Gasteiger partial charge in [0.05, 0.1) is 10.9 Å². The van der Waals surface area contributed by atoms with Crippen LogP contribution in [0.2, 0.25) is 0 Å². The molecule has 0 saturated carbocycles. The summed E-state index contributed by atoms with van der Waals surface area (Å²) in [5, 5.41) is 10.2. The van der Waals surface area contributed by atoms with Crippen LogP contribution in [-0.4, -0.2) is 30.6 Å². The SMILES string of the molecule is Cc1cc(NC(=O)c2cn(C(C)(C)C(C)C)c3ncnc(N)c23)n[nH]1. The minimum absolute atomic E-state index is 0.250. The summed E-state index contributed by atoms with van der Waals surface area (Å²) in [7, 11) is 0. The summed E-state index contributed by atoms with van der Waals surface area (Å²) in [6, 6.07) is 1.76. The van der Waals surface area contributed by atoms with Gasteiger partial charge in [-0.1, -0.05) is 13.8 Å². The number of rotatable bonds is 4. The summed E-state index contributed by atoms with van der Waals surface area (Å²) >= 11 is 0. The number of aromatic amines is 1. The number of carbonyl (C=O) groups is 1. The van der Waals surface area contributed by atoms with Gasteiger partial charge < -0.3 is 15.6 Å². The van der Waals surface area contributed by atoms with Crippen molar-refractivity contribution in [3.05, 3.63) is 29.8 Å². The van der Waals surface area contributed by atoms with E-state index in [0.29, 0.717) is 28.3 Å². The molecular formula is C17H23N7O. The van der Waals surface area contributed by atoms with E-state index in [-0.39, 0.29) is 17.3 Å². The normalized spacial score (nSPS) is 12.1. The summed E-state index contributed by atoms with van der Waals surface area (Å²) in [6.07, 6.45) is 3.22. The number of fused-ring (bicyclic) bond motifs is 1. The first kappa shape index (κ1) is 16.9. The molecule has 0 atom stereocenters. The summed E-state index contributed by atoms with van der Waals surface area (Å²) in [5.41, 5.74) is 7.75. The minimum Gasteiger partial charge on any atom is -0.383 e. The van der Waals surface area contributed by atoms with Crippen molar-refractivity contribution < 1.29 is 4.79 Å². The molecule has 0 aliphatic heterocycles. The molecule has 0 unspecified atom stereocenters. The van der Waals surface area contributed by atoms with E-state index in [1.807, 2.05) is 11.5 Å². The lowest BCUT2D eigenvalue weighted by Gasteiger charge is -2.31. The van der Waals surface area contributed by atoms with Gasteiger partial charge in [-0.15, -0.1) is 0 Å². The number of anilines is 2. The predicted octanol–water partition coefficient (Wildman–Crippen LogP) is 2.69. The number of H-pyrrole nitrogens is 1. The van der Waals surface area contributed by atoms with Crippen molar-refractivity contribution in [2.45, 2.75) is 40.2 Å². The molecule has 3 aromatic heterocycles. The lowest BCUT2D eigenvalue weighted by molar-refractivity contribution is 0.102. The second kappa shape index (κ2) is 5.87. The molecule has 0 fully saturated rings. The topological polar surface area (TPSA) is 115 Å². The number of hydrogen-bond donors (Lipinski definition) is 3. The zero-order chi connectivity index (χ0) is 18.4. The van der Waals surface area contributed by atoms with Gasteiger partial charge in [-0.05, 0) is 26.7 Å². The molecule has 4 N–H and O–H groups in total. The third kappa shape index (κ3) is 2.84. The van der Waals surface area contributed by atoms with E-state index in [2.05, 4.69) is 53.2 Å². The van der Waals surface area contributed by atoms with Gasteiger partial charge in [0.2, 0.25) is 0 Å². The van der Waals surface area contributed by atoms with Gasteiger partial charge in [0.15, 0.2) is 5.82 Å². The maximum atomic E-state index is 12.8. The first-order chi connectivity index (χ1) is 11.7. The molecule has 0 aliphatic carbocycles. The number of aromatic nitrogens is 5. The van der Waals surface area contributed by atoms with Crippen molar-refractivity contribution in [1.82, 2.24) is 24.7 Å². The standard InChI is InChI=1S/C17H23N7O/c1-9(2)17(4,5)24-7-11(13-14(18)19-8-20-15(13)24)16(25)21-12-6-10(3)22-23-12/h6-9H,1-5H3,(H2,18,19,20)(H2,21,22,23,25). The Balaban J connectivity index is 2.13. The van der Waals surface area contributed by atoms with E-state index < -0.39 is 0 Å². The largest absolute Gasteiger partial charge is 0.383 e. The van der Waals surface area contributed by atoms with Crippen LogP contribution in [0.4, 0.5) is 11.6 Å². The van der Waals surface area contributed by atoms with Crippen molar-refractivity contribution in [3.8, 4) is 0 Å². The second-order valence-electron chi connectivity index (χ2n) is 7.07. The molecule has 0 aliphatic rings. The van der Waals surface area contributed by atoms with Crippen LogP contribution >= 0.6 is 0 Å². The minimum atomic E-state index is -0.295. The molecule has 0 aromatic carbocycles. The van der Waals surface area contributed by atoms with Gasteiger partial charge in [0.1, 0.15) is 17.8 Å². The number of aryl methyl sites for hydroxylation is 1. The van der Waals surface area contributed by atoms with E-state index in [1.165, 1.54) is 6.33 Å². The highest BCUT2D eigenvalue weighted by Crippen LogP contribution is 2.33. The Morgan fingerprint density at radius 1 is 1.36 bits per heavy atom. The first-order valence-electron chi connectivity index (χ1n) is 8.17. The van der Waals surface area contributed by atoms with Gasteiger partial charge >= 0.3 is 0 Å². The van der Waals surface area contributed by atoms with E-state index in [4.69, 9.17) is 5.73 Å². The molecule has 1 amide bonds. The number of nitrogens with zero attached hydrogens (tertiary/aromatic N) is 4. The Kier molecular flexibility index (Phi) is 3.98. The fourth-order valence-electron chi connectivity index (χ4n) is 2.64. The monoisotopic (exact) mass is 341 g/mol. The Bertz CT molecular complexity index is 936. The maximum Gasteiger partial charge on any atom is 0.259 e. The van der Waals surface area contributed by atoms with Crippen molar-refractivity contribution in [2.24, 2.45) is 5.92 Å². The predicted molar refractivity (Wildman–Crippen MR) is 97.4 cm³/mol. The van der Waals surface area contributed by atoms with E-state index in [1.54, 1.807) is 12.3 Å². The smallest absolute Gasteiger partial charge is 0.259 e. The molecule has 25 heavy (non-hydrogen) atoms. The first-order valence-corrected chi connectivity index (χ1v) is 8.17. The van der Waals surface area contributed by atoms with Crippen molar-refractivity contribution in [1.29, 1.82) is 0 Å². The average Bonchev–Trinajstić information content (AvgIpc) is 3.12. The average molecular weight is 341 g/mol. The van der Waals surface area contributed by atoms with Crippen molar-refractivity contribution in [3.63, 3.8) is 0 Å². The highest BCUT2D eigenvalue weighted by atomic mass is 16.1. The van der Waals surface area contributed by atoms with E-state index >= 15 is 0 Å². The van der Waals surface area contributed by atoms with Crippen LogP contribution in [0, 0.1) is 12.8 Å². The van der Waals surface area contributed by atoms with Gasteiger partial charge in [-0.3, -0.25) is 9.89 Å². The number of nitrogens with one attached hydrogen (secondary N) is 2. The van der Waals surface area contributed by atoms with E-state index in [9.17, 15) is 4.79 Å². The molecule has 0 spiro atoms. The quantitative estimate of drug-likeness (QED) is 0.675. The summed E-state index contributed by atoms with van der Waals surface area (Å²) in [6.45, 7) is 10.3. The second-order valence-corrected chi connectivity index (χ2v) is 7.07. The summed E-state index contributed by atoms with van der Waals surface area (Å²) < 4.78 is 2.00. The van der Waals surface area contributed by atoms with Gasteiger partial charge in [0.25, 0.3) is 5.91 Å². The Morgan fingerprint density at radius 2 is 2.08 bits per heavy atom. The zero-order valence-corrected chi connectivity index (χ0v) is 15.1. The number of amides is 1. The third-order valence-corrected chi connectivity index (χ3v) is 4.84. The highest BCUT2D eigenvalue weighted by Gasteiger charge is 2.30. The molecule has 8 heteroatoms. The summed E-state index contributed by atoms with van der Waals surface area (Å²) in [5.74, 6) is 0.772. The summed E-state index contributed by atoms with van der Waals surface area (Å²) in [4.78, 5) is 21.2. The molecule has 0 bridgehead atoms. The Hall–Kier alpha value is -2.90.